The van der Waals surface area contributed by atoms with Gasteiger partial charge >= 0.3 is 5.63 Å². The predicted octanol–water partition coefficient (Wildman–Crippen LogP) is 4.30. The van der Waals surface area contributed by atoms with Crippen molar-refractivity contribution in [1.82, 2.24) is 4.90 Å². The van der Waals surface area contributed by atoms with Crippen molar-refractivity contribution in [2.45, 2.75) is 32.8 Å². The molecule has 0 aliphatic carbocycles. The first-order valence-electron chi connectivity index (χ1n) is 10.4. The van der Waals surface area contributed by atoms with E-state index in [1.165, 1.54) is 6.07 Å². The molecule has 1 unspecified atom stereocenters. The molecule has 0 saturated carbocycles. The maximum Gasteiger partial charge on any atom is 0.336 e. The van der Waals surface area contributed by atoms with Crippen LogP contribution in [0.3, 0.4) is 0 Å². The van der Waals surface area contributed by atoms with Crippen molar-refractivity contribution in [2.24, 2.45) is 5.92 Å². The summed E-state index contributed by atoms with van der Waals surface area (Å²) in [6.45, 7) is 4.77. The van der Waals surface area contributed by atoms with Gasteiger partial charge in [0.15, 0.2) is 6.10 Å². The molecular weight excluding hydrogens is 392 g/mol. The second-order valence-electron chi connectivity index (χ2n) is 7.96. The molecule has 1 fully saturated rings. The molecule has 6 heteroatoms. The van der Waals surface area contributed by atoms with Crippen LogP contribution in [0, 0.1) is 24.2 Å². The van der Waals surface area contributed by atoms with Gasteiger partial charge in [0.1, 0.15) is 11.3 Å². The average molecular weight is 416 g/mol. The number of fused-ring (bicyclic) bond motifs is 1. The second kappa shape index (κ2) is 8.65. The van der Waals surface area contributed by atoms with Crippen LogP contribution in [0.1, 0.15) is 25.3 Å². The zero-order valence-electron chi connectivity index (χ0n) is 17.6. The van der Waals surface area contributed by atoms with Crippen LogP contribution in [0.2, 0.25) is 0 Å². The molecule has 1 aromatic heterocycles. The number of hydrogen-bond donors (Lipinski definition) is 0. The van der Waals surface area contributed by atoms with Crippen molar-refractivity contribution in [1.29, 1.82) is 5.26 Å². The van der Waals surface area contributed by atoms with Gasteiger partial charge in [0, 0.05) is 36.2 Å². The number of nitrogens with zero attached hydrogens (tertiary/aromatic N) is 2. The molecule has 0 spiro atoms. The predicted molar refractivity (Wildman–Crippen MR) is 118 cm³/mol. The van der Waals surface area contributed by atoms with Gasteiger partial charge < -0.3 is 14.1 Å². The maximum absolute atomic E-state index is 12.8. The number of carbonyl (C=O) groups excluding carboxylic acids is 1. The molecule has 0 N–H and O–H groups in total. The van der Waals surface area contributed by atoms with E-state index < -0.39 is 11.7 Å². The Hall–Kier alpha value is -3.59. The number of benzene rings is 2. The van der Waals surface area contributed by atoms with E-state index >= 15 is 0 Å². The van der Waals surface area contributed by atoms with Crippen LogP contribution >= 0.6 is 0 Å². The summed E-state index contributed by atoms with van der Waals surface area (Å²) in [4.78, 5) is 26.7. The molecule has 1 amide bonds. The molecule has 158 valence electrons. The lowest BCUT2D eigenvalue weighted by Crippen LogP contribution is -2.45. The number of hydrogen-bond acceptors (Lipinski definition) is 5. The molecule has 6 nitrogen and oxygen atoms in total. The highest BCUT2D eigenvalue weighted by molar-refractivity contribution is 5.94. The number of amides is 1. The van der Waals surface area contributed by atoms with Crippen molar-refractivity contribution in [2.75, 3.05) is 13.1 Å². The Morgan fingerprint density at radius 1 is 1.23 bits per heavy atom. The van der Waals surface area contributed by atoms with Gasteiger partial charge in [-0.25, -0.2) is 4.79 Å². The van der Waals surface area contributed by atoms with E-state index in [9.17, 15) is 9.59 Å². The summed E-state index contributed by atoms with van der Waals surface area (Å²) < 4.78 is 11.3. The van der Waals surface area contributed by atoms with Crippen LogP contribution in [-0.4, -0.2) is 30.0 Å². The fourth-order valence-corrected chi connectivity index (χ4v) is 4.11. The van der Waals surface area contributed by atoms with E-state index in [0.717, 1.165) is 34.9 Å². The fraction of sp³-hybridized carbons (Fsp3) is 0.320. The molecule has 0 bridgehead atoms. The average Bonchev–Trinajstić information content (AvgIpc) is 2.78. The van der Waals surface area contributed by atoms with Gasteiger partial charge in [-0.15, -0.1) is 0 Å². The highest BCUT2D eigenvalue weighted by Crippen LogP contribution is 2.31. The fourth-order valence-electron chi connectivity index (χ4n) is 4.11. The highest BCUT2D eigenvalue weighted by atomic mass is 16.5. The van der Waals surface area contributed by atoms with Crippen molar-refractivity contribution in [3.63, 3.8) is 0 Å². The first-order chi connectivity index (χ1) is 15.0. The molecule has 3 aromatic rings. The smallest absolute Gasteiger partial charge is 0.336 e. The van der Waals surface area contributed by atoms with E-state index in [2.05, 4.69) is 6.07 Å². The molecule has 31 heavy (non-hydrogen) atoms. The van der Waals surface area contributed by atoms with Crippen LogP contribution < -0.4 is 10.4 Å². The number of rotatable bonds is 4. The lowest BCUT2D eigenvalue weighted by Gasteiger charge is -2.31. The first-order valence-corrected chi connectivity index (χ1v) is 10.4. The minimum absolute atomic E-state index is 0.125. The highest BCUT2D eigenvalue weighted by Gasteiger charge is 2.27. The molecule has 1 saturated heterocycles. The van der Waals surface area contributed by atoms with Crippen molar-refractivity contribution in [3.05, 3.63) is 64.5 Å². The molecule has 2 aromatic carbocycles. The Morgan fingerprint density at radius 2 is 2.03 bits per heavy atom. The topological polar surface area (TPSA) is 83.5 Å². The van der Waals surface area contributed by atoms with Crippen molar-refractivity contribution >= 4 is 16.9 Å². The summed E-state index contributed by atoms with van der Waals surface area (Å²) in [7, 11) is 0. The SMILES string of the molecule is Cc1ccccc1-c1cc(=O)oc2cc(O[C@H](C)C(=O)N3CCCC(C#N)C3)ccc12. The first kappa shape index (κ1) is 20.7. The number of ether oxygens (including phenoxy) is 1. The Balaban J connectivity index is 1.60. The molecule has 4 rings (SSSR count). The van der Waals surface area contributed by atoms with E-state index in [4.69, 9.17) is 14.4 Å². The Bertz CT molecular complexity index is 1220. The van der Waals surface area contributed by atoms with Crippen LogP contribution in [0.4, 0.5) is 0 Å². The lowest BCUT2D eigenvalue weighted by atomic mass is 9.98. The van der Waals surface area contributed by atoms with Gasteiger partial charge in [-0.05, 0) is 49.9 Å². The number of piperidine rings is 1. The molecule has 0 radical (unpaired) electrons. The summed E-state index contributed by atoms with van der Waals surface area (Å²) in [6, 6.07) is 16.9. The monoisotopic (exact) mass is 416 g/mol. The van der Waals surface area contributed by atoms with Gasteiger partial charge in [0.25, 0.3) is 5.91 Å². The van der Waals surface area contributed by atoms with Crippen LogP contribution in [0.25, 0.3) is 22.1 Å². The third-order valence-electron chi connectivity index (χ3n) is 5.73. The Morgan fingerprint density at radius 3 is 2.81 bits per heavy atom. The summed E-state index contributed by atoms with van der Waals surface area (Å²) in [6.07, 6.45) is 0.934. The van der Waals surface area contributed by atoms with Gasteiger partial charge in [-0.2, -0.15) is 5.26 Å². The zero-order valence-corrected chi connectivity index (χ0v) is 17.6. The third kappa shape index (κ3) is 4.31. The molecule has 1 aliphatic rings. The largest absolute Gasteiger partial charge is 0.481 e. The van der Waals surface area contributed by atoms with Crippen LogP contribution in [-0.2, 0) is 4.79 Å². The normalized spacial score (nSPS) is 17.2. The zero-order chi connectivity index (χ0) is 22.0. The van der Waals surface area contributed by atoms with Gasteiger partial charge in [0.2, 0.25) is 0 Å². The van der Waals surface area contributed by atoms with E-state index in [0.29, 0.717) is 24.4 Å². The molecule has 1 aliphatic heterocycles. The Labute approximate surface area is 180 Å². The number of nitriles is 1. The molecule has 2 atom stereocenters. The van der Waals surface area contributed by atoms with E-state index in [1.54, 1.807) is 24.0 Å². The number of aryl methyl sites for hydroxylation is 1. The van der Waals surface area contributed by atoms with Crippen molar-refractivity contribution in [3.8, 4) is 22.9 Å². The minimum atomic E-state index is -0.707. The van der Waals surface area contributed by atoms with E-state index in [-0.39, 0.29) is 11.8 Å². The third-order valence-corrected chi connectivity index (χ3v) is 5.73. The Kier molecular flexibility index (Phi) is 5.77. The van der Waals surface area contributed by atoms with Crippen LogP contribution in [0.5, 0.6) is 5.75 Å². The summed E-state index contributed by atoms with van der Waals surface area (Å²) in [5.74, 6) is 0.183. The quantitative estimate of drug-likeness (QED) is 0.592. The van der Waals surface area contributed by atoms with Gasteiger partial charge in [-0.3, -0.25) is 4.79 Å². The summed E-state index contributed by atoms with van der Waals surface area (Å²) >= 11 is 0. The maximum atomic E-state index is 12.8. The van der Waals surface area contributed by atoms with Crippen molar-refractivity contribution < 1.29 is 13.9 Å². The lowest BCUT2D eigenvalue weighted by molar-refractivity contribution is -0.139. The summed E-state index contributed by atoms with van der Waals surface area (Å²) in [5.41, 5.74) is 2.80. The summed E-state index contributed by atoms with van der Waals surface area (Å²) in [5, 5.41) is 9.95. The molecular formula is C25H24N2O4. The second-order valence-corrected chi connectivity index (χ2v) is 7.96. The molecule has 2 heterocycles. The number of likely N-dealkylation sites (tertiary alicyclic amines) is 1. The van der Waals surface area contributed by atoms with Gasteiger partial charge in [0.05, 0.1) is 12.0 Å². The van der Waals surface area contributed by atoms with E-state index in [1.807, 2.05) is 37.3 Å². The van der Waals surface area contributed by atoms with Crippen LogP contribution in [0.15, 0.2) is 57.7 Å². The standard InChI is InChI=1S/C25H24N2O4/c1-16-6-3-4-8-20(16)22-13-24(28)31-23-12-19(9-10-21(22)23)30-17(2)25(29)27-11-5-7-18(14-26)15-27/h3-4,6,8-10,12-13,17-18H,5,7,11,15H2,1-2H3/t17-,18?/m1/s1. The minimum Gasteiger partial charge on any atom is -0.481 e. The van der Waals surface area contributed by atoms with Gasteiger partial charge in [-0.1, -0.05) is 24.3 Å². The number of carbonyl (C=O) groups is 1.